The van der Waals surface area contributed by atoms with Crippen LogP contribution in [0.1, 0.15) is 50.8 Å². The van der Waals surface area contributed by atoms with Crippen molar-refractivity contribution in [2.75, 3.05) is 11.4 Å². The monoisotopic (exact) mass is 369 g/mol. The summed E-state index contributed by atoms with van der Waals surface area (Å²) < 4.78 is 0. The Balaban J connectivity index is 1.53. The van der Waals surface area contributed by atoms with Crippen LogP contribution in [0.4, 0.5) is 11.6 Å². The van der Waals surface area contributed by atoms with Gasteiger partial charge in [0.1, 0.15) is 0 Å². The summed E-state index contributed by atoms with van der Waals surface area (Å²) in [4.78, 5) is 24.7. The van der Waals surface area contributed by atoms with Crippen molar-refractivity contribution in [3.8, 4) is 0 Å². The van der Waals surface area contributed by atoms with Gasteiger partial charge < -0.3 is 4.90 Å². The fourth-order valence-electron chi connectivity index (χ4n) is 4.50. The first-order valence-corrected chi connectivity index (χ1v) is 9.93. The van der Waals surface area contributed by atoms with Crippen molar-refractivity contribution in [1.82, 2.24) is 9.97 Å². The molecule has 2 aromatic carbocycles. The third-order valence-electron chi connectivity index (χ3n) is 5.98. The van der Waals surface area contributed by atoms with Gasteiger partial charge in [-0.15, -0.1) is 0 Å². The van der Waals surface area contributed by atoms with E-state index < -0.39 is 0 Å². The Hall–Kier alpha value is -3.01. The lowest BCUT2D eigenvalue weighted by molar-refractivity contribution is 0.0962. The second-order valence-electron chi connectivity index (χ2n) is 7.90. The minimum Gasteiger partial charge on any atom is -0.310 e. The molecule has 0 saturated heterocycles. The summed E-state index contributed by atoms with van der Waals surface area (Å²) in [6.45, 7) is 4.91. The second-order valence-corrected chi connectivity index (χ2v) is 7.90. The van der Waals surface area contributed by atoms with Gasteiger partial charge in [0.25, 0.3) is 0 Å². The number of para-hydroxylation sites is 1. The van der Waals surface area contributed by atoms with E-state index in [2.05, 4.69) is 60.4 Å². The van der Waals surface area contributed by atoms with Gasteiger partial charge in [-0.25, -0.2) is 9.97 Å². The Morgan fingerprint density at radius 3 is 2.57 bits per heavy atom. The molecule has 140 valence electrons. The maximum absolute atomic E-state index is 12.9. The van der Waals surface area contributed by atoms with Crippen molar-refractivity contribution >= 4 is 17.4 Å². The number of benzene rings is 2. The third-order valence-corrected chi connectivity index (χ3v) is 5.98. The van der Waals surface area contributed by atoms with E-state index in [1.165, 1.54) is 22.4 Å². The van der Waals surface area contributed by atoms with Gasteiger partial charge in [0.15, 0.2) is 5.78 Å². The van der Waals surface area contributed by atoms with Gasteiger partial charge in [0, 0.05) is 18.7 Å². The third kappa shape index (κ3) is 2.80. The molecule has 4 heteroatoms. The Kier molecular flexibility index (Phi) is 4.00. The number of aromatic nitrogens is 2. The summed E-state index contributed by atoms with van der Waals surface area (Å²) in [5.41, 5.74) is 7.40. The zero-order chi connectivity index (χ0) is 19.3. The van der Waals surface area contributed by atoms with Crippen LogP contribution in [-0.2, 0) is 12.8 Å². The minimum absolute atomic E-state index is 0.165. The first-order valence-electron chi connectivity index (χ1n) is 9.93. The molecule has 2 heterocycles. The summed E-state index contributed by atoms with van der Waals surface area (Å²) in [5, 5.41) is 0. The van der Waals surface area contributed by atoms with Crippen LogP contribution in [0.5, 0.6) is 0 Å². The molecule has 0 N–H and O–H groups in total. The van der Waals surface area contributed by atoms with E-state index in [0.717, 1.165) is 42.3 Å². The average molecular weight is 369 g/mol. The zero-order valence-corrected chi connectivity index (χ0v) is 16.3. The normalized spacial score (nSPS) is 18.1. The fourth-order valence-corrected chi connectivity index (χ4v) is 4.50. The van der Waals surface area contributed by atoms with Crippen LogP contribution in [0, 0.1) is 13.8 Å². The quantitative estimate of drug-likeness (QED) is 0.657. The van der Waals surface area contributed by atoms with Crippen LogP contribution in [0.15, 0.2) is 48.5 Å². The Morgan fingerprint density at radius 2 is 1.75 bits per heavy atom. The molecule has 1 atom stereocenters. The van der Waals surface area contributed by atoms with Crippen molar-refractivity contribution in [3.63, 3.8) is 0 Å². The molecule has 1 aromatic heterocycles. The highest BCUT2D eigenvalue weighted by Crippen LogP contribution is 2.36. The summed E-state index contributed by atoms with van der Waals surface area (Å²) >= 11 is 0. The molecule has 0 unspecified atom stereocenters. The second kappa shape index (κ2) is 6.55. The summed E-state index contributed by atoms with van der Waals surface area (Å²) in [5.74, 6) is 1.07. The molecule has 4 nitrogen and oxygen atoms in total. The number of hydrogen-bond donors (Lipinski definition) is 0. The number of fused-ring (bicyclic) bond motifs is 2. The van der Waals surface area contributed by atoms with E-state index in [9.17, 15) is 4.79 Å². The molecule has 28 heavy (non-hydrogen) atoms. The van der Waals surface area contributed by atoms with Gasteiger partial charge in [0.2, 0.25) is 5.95 Å². The highest BCUT2D eigenvalue weighted by atomic mass is 16.1. The number of ketones is 1. The number of aryl methyl sites for hydroxylation is 2. The maximum atomic E-state index is 12.9. The molecule has 5 rings (SSSR count). The number of nitrogens with zero attached hydrogens (tertiary/aromatic N) is 3. The molecule has 0 fully saturated rings. The van der Waals surface area contributed by atoms with Crippen molar-refractivity contribution < 1.29 is 4.79 Å². The van der Waals surface area contributed by atoms with Crippen molar-refractivity contribution in [2.45, 2.75) is 39.0 Å². The molecule has 0 bridgehead atoms. The highest BCUT2D eigenvalue weighted by Gasteiger charge is 2.31. The van der Waals surface area contributed by atoms with Crippen LogP contribution < -0.4 is 4.90 Å². The standard InChI is InChI=1S/C24H23N3O/c1-15-7-9-17(10-8-15)19-13-20-23(22(28)14-19)16(2)25-24(26-20)27-12-11-18-5-3-4-6-21(18)27/h3-10,19H,11-14H2,1-2H3/t19-/m0/s1. The summed E-state index contributed by atoms with van der Waals surface area (Å²) in [6, 6.07) is 16.9. The van der Waals surface area contributed by atoms with Crippen LogP contribution in [-0.4, -0.2) is 22.3 Å². The number of carbonyl (C=O) groups is 1. The van der Waals surface area contributed by atoms with E-state index in [1.807, 2.05) is 6.92 Å². The summed E-state index contributed by atoms with van der Waals surface area (Å²) in [7, 11) is 0. The Bertz CT molecular complexity index is 1070. The molecule has 0 radical (unpaired) electrons. The average Bonchev–Trinajstić information content (AvgIpc) is 3.12. The highest BCUT2D eigenvalue weighted by molar-refractivity contribution is 5.99. The molecule has 1 aliphatic heterocycles. The lowest BCUT2D eigenvalue weighted by atomic mass is 9.81. The molecule has 2 aliphatic rings. The van der Waals surface area contributed by atoms with Gasteiger partial charge in [-0.1, -0.05) is 48.0 Å². The van der Waals surface area contributed by atoms with Crippen LogP contribution in [0.3, 0.4) is 0 Å². The Morgan fingerprint density at radius 1 is 0.964 bits per heavy atom. The summed E-state index contributed by atoms with van der Waals surface area (Å²) in [6.07, 6.45) is 2.32. The van der Waals surface area contributed by atoms with E-state index in [1.54, 1.807) is 0 Å². The van der Waals surface area contributed by atoms with Crippen LogP contribution in [0.2, 0.25) is 0 Å². The maximum Gasteiger partial charge on any atom is 0.230 e. The topological polar surface area (TPSA) is 46.1 Å². The lowest BCUT2D eigenvalue weighted by Crippen LogP contribution is -2.25. The SMILES string of the molecule is Cc1ccc([C@@H]2CC(=O)c3c(C)nc(N4CCc5ccccc54)nc3C2)cc1. The predicted molar refractivity (Wildman–Crippen MR) is 110 cm³/mol. The van der Waals surface area contributed by atoms with Gasteiger partial charge in [0.05, 0.1) is 17.0 Å². The van der Waals surface area contributed by atoms with E-state index in [4.69, 9.17) is 9.97 Å². The van der Waals surface area contributed by atoms with E-state index >= 15 is 0 Å². The molecule has 1 aliphatic carbocycles. The molecule has 0 amide bonds. The predicted octanol–water partition coefficient (Wildman–Crippen LogP) is 4.70. The van der Waals surface area contributed by atoms with E-state index in [-0.39, 0.29) is 11.7 Å². The molecule has 0 spiro atoms. The van der Waals surface area contributed by atoms with Crippen molar-refractivity contribution in [2.24, 2.45) is 0 Å². The first-order chi connectivity index (χ1) is 13.6. The van der Waals surface area contributed by atoms with Gasteiger partial charge in [-0.05, 0) is 49.8 Å². The van der Waals surface area contributed by atoms with Crippen molar-refractivity contribution in [3.05, 3.63) is 82.2 Å². The minimum atomic E-state index is 0.165. The molecule has 0 saturated carbocycles. The van der Waals surface area contributed by atoms with Gasteiger partial charge in [-0.2, -0.15) is 0 Å². The Labute approximate surface area is 165 Å². The first kappa shape index (κ1) is 17.1. The number of carbonyl (C=O) groups excluding carboxylic acids is 1. The van der Waals surface area contributed by atoms with E-state index in [0.29, 0.717) is 6.42 Å². The molecular weight excluding hydrogens is 346 g/mol. The number of hydrogen-bond acceptors (Lipinski definition) is 4. The molecule has 3 aromatic rings. The van der Waals surface area contributed by atoms with Crippen LogP contribution >= 0.6 is 0 Å². The zero-order valence-electron chi connectivity index (χ0n) is 16.3. The fraction of sp³-hybridized carbons (Fsp3) is 0.292. The van der Waals surface area contributed by atoms with Gasteiger partial charge in [-0.3, -0.25) is 4.79 Å². The largest absolute Gasteiger partial charge is 0.310 e. The van der Waals surface area contributed by atoms with Crippen molar-refractivity contribution in [1.29, 1.82) is 0 Å². The lowest BCUT2D eigenvalue weighted by Gasteiger charge is -2.26. The number of anilines is 2. The van der Waals surface area contributed by atoms with Gasteiger partial charge >= 0.3 is 0 Å². The smallest absolute Gasteiger partial charge is 0.230 e. The van der Waals surface area contributed by atoms with Crippen LogP contribution in [0.25, 0.3) is 0 Å². The molecular formula is C24H23N3O. The number of rotatable bonds is 2. The number of Topliss-reactive ketones (excluding diaryl/α,β-unsaturated/α-hetero) is 1.